The van der Waals surface area contributed by atoms with Gasteiger partial charge in [0.05, 0.1) is 4.90 Å². The largest absolute Gasteiger partial charge is 0.337 e. The number of thiophene rings is 1. The Morgan fingerprint density at radius 3 is 2.69 bits per heavy atom. The van der Waals surface area contributed by atoms with Crippen LogP contribution in [-0.2, 0) is 16.6 Å². The highest BCUT2D eigenvalue weighted by atomic mass is 32.2. The number of carbonyl (C=O) groups excluding carboxylic acids is 1. The van der Waals surface area contributed by atoms with Gasteiger partial charge in [0.2, 0.25) is 10.0 Å². The molecule has 26 heavy (non-hydrogen) atoms. The first kappa shape index (κ1) is 19.0. The summed E-state index contributed by atoms with van der Waals surface area (Å²) in [6.07, 6.45) is 2.03. The van der Waals surface area contributed by atoms with E-state index < -0.39 is 10.0 Å². The van der Waals surface area contributed by atoms with Crippen LogP contribution in [0.4, 0.5) is 0 Å². The summed E-state index contributed by atoms with van der Waals surface area (Å²) >= 11 is 1.50. The summed E-state index contributed by atoms with van der Waals surface area (Å²) < 4.78 is 27.3. The quantitative estimate of drug-likeness (QED) is 0.787. The molecule has 1 amide bonds. The van der Waals surface area contributed by atoms with Gasteiger partial charge in [-0.05, 0) is 55.6 Å². The van der Waals surface area contributed by atoms with Crippen molar-refractivity contribution < 1.29 is 13.2 Å². The molecule has 2 heterocycles. The van der Waals surface area contributed by atoms with Crippen LogP contribution in [0.2, 0.25) is 0 Å². The third kappa shape index (κ3) is 4.50. The van der Waals surface area contributed by atoms with E-state index >= 15 is 0 Å². The molecule has 1 saturated heterocycles. The van der Waals surface area contributed by atoms with Crippen molar-refractivity contribution in [1.82, 2.24) is 14.9 Å². The van der Waals surface area contributed by atoms with E-state index in [1.807, 2.05) is 29.5 Å². The molecule has 140 valence electrons. The van der Waals surface area contributed by atoms with Crippen molar-refractivity contribution in [2.45, 2.75) is 30.3 Å². The van der Waals surface area contributed by atoms with Crippen molar-refractivity contribution in [3.05, 3.63) is 52.2 Å². The number of likely N-dealkylation sites (tertiary alicyclic amines) is 1. The number of nitrogens with one attached hydrogen (secondary N) is 2. The van der Waals surface area contributed by atoms with Crippen molar-refractivity contribution >= 4 is 27.3 Å². The van der Waals surface area contributed by atoms with Gasteiger partial charge in [0.15, 0.2) is 0 Å². The van der Waals surface area contributed by atoms with E-state index in [4.69, 9.17) is 0 Å². The second kappa shape index (κ2) is 8.30. The minimum Gasteiger partial charge on any atom is -0.337 e. The number of carbonyl (C=O) groups is 1. The van der Waals surface area contributed by atoms with Crippen LogP contribution in [0.1, 0.15) is 28.1 Å². The van der Waals surface area contributed by atoms with Crippen LogP contribution in [0.3, 0.4) is 0 Å². The van der Waals surface area contributed by atoms with Crippen molar-refractivity contribution in [2.24, 2.45) is 0 Å². The molecular weight excluding hydrogens is 370 g/mol. The molecule has 8 heteroatoms. The molecule has 6 nitrogen and oxygen atoms in total. The third-order valence-electron chi connectivity index (χ3n) is 4.54. The molecule has 2 N–H and O–H groups in total. The first-order chi connectivity index (χ1) is 12.5. The highest BCUT2D eigenvalue weighted by molar-refractivity contribution is 7.89. The number of benzene rings is 1. The van der Waals surface area contributed by atoms with Crippen LogP contribution in [0.15, 0.2) is 46.7 Å². The van der Waals surface area contributed by atoms with Crippen LogP contribution in [0.5, 0.6) is 0 Å². The number of hydrogen-bond donors (Lipinski definition) is 2. The topological polar surface area (TPSA) is 78.5 Å². The Kier molecular flexibility index (Phi) is 6.08. The highest BCUT2D eigenvalue weighted by Gasteiger charge is 2.24. The van der Waals surface area contributed by atoms with Gasteiger partial charge in [-0.15, -0.1) is 11.3 Å². The molecule has 0 radical (unpaired) electrons. The fourth-order valence-electron chi connectivity index (χ4n) is 3.02. The zero-order chi connectivity index (χ0) is 18.6. The molecule has 1 fully saturated rings. The van der Waals surface area contributed by atoms with Gasteiger partial charge in [-0.3, -0.25) is 4.79 Å². The van der Waals surface area contributed by atoms with E-state index in [0.29, 0.717) is 18.2 Å². The highest BCUT2D eigenvalue weighted by Crippen LogP contribution is 2.17. The Hall–Kier alpha value is -1.74. The molecule has 3 rings (SSSR count). The van der Waals surface area contributed by atoms with Gasteiger partial charge in [0.25, 0.3) is 5.91 Å². The van der Waals surface area contributed by atoms with Crippen molar-refractivity contribution in [2.75, 3.05) is 20.1 Å². The maximum atomic E-state index is 12.6. The van der Waals surface area contributed by atoms with Gasteiger partial charge >= 0.3 is 0 Å². The molecule has 0 bridgehead atoms. The second-order valence-corrected chi connectivity index (χ2v) is 9.11. The Balaban J connectivity index is 1.66. The van der Waals surface area contributed by atoms with Crippen molar-refractivity contribution in [1.29, 1.82) is 0 Å². The summed E-state index contributed by atoms with van der Waals surface area (Å²) in [5.41, 5.74) is 0.513. The van der Waals surface area contributed by atoms with Crippen LogP contribution in [0, 0.1) is 0 Å². The molecule has 1 aromatic heterocycles. The Bertz CT molecular complexity index is 833. The minimum absolute atomic E-state index is 0.0551. The molecule has 2 aromatic rings. The maximum Gasteiger partial charge on any atom is 0.253 e. The van der Waals surface area contributed by atoms with E-state index in [0.717, 1.165) is 24.3 Å². The SMILES string of the molecule is CNC1CCCN(C(=O)c2ccc(S(=O)(=O)NCc3cccs3)cc2)C1. The summed E-state index contributed by atoms with van der Waals surface area (Å²) in [5.74, 6) is -0.0551. The van der Waals surface area contributed by atoms with Gasteiger partial charge in [-0.1, -0.05) is 6.07 Å². The maximum absolute atomic E-state index is 12.6. The monoisotopic (exact) mass is 393 g/mol. The lowest BCUT2D eigenvalue weighted by atomic mass is 10.0. The number of sulfonamides is 1. The van der Waals surface area contributed by atoms with Crippen LogP contribution >= 0.6 is 11.3 Å². The molecule has 0 spiro atoms. The van der Waals surface area contributed by atoms with Gasteiger partial charge in [0, 0.05) is 36.1 Å². The van der Waals surface area contributed by atoms with Crippen LogP contribution in [0.25, 0.3) is 0 Å². The standard InChI is InChI=1S/C18H23N3O3S2/c1-19-15-4-2-10-21(13-15)18(22)14-6-8-17(9-7-14)26(23,24)20-12-16-5-3-11-25-16/h3,5-9,11,15,19-20H,2,4,10,12-13H2,1H3. The number of piperidine rings is 1. The number of likely N-dealkylation sites (N-methyl/N-ethyl adjacent to an activating group) is 1. The van der Waals surface area contributed by atoms with E-state index in [9.17, 15) is 13.2 Å². The first-order valence-electron chi connectivity index (χ1n) is 8.58. The Morgan fingerprint density at radius 2 is 2.04 bits per heavy atom. The summed E-state index contributed by atoms with van der Waals surface area (Å²) in [5, 5.41) is 5.12. The lowest BCUT2D eigenvalue weighted by Gasteiger charge is -2.32. The molecule has 1 atom stereocenters. The number of rotatable bonds is 6. The molecule has 1 aromatic carbocycles. The van der Waals surface area contributed by atoms with Gasteiger partial charge < -0.3 is 10.2 Å². The van der Waals surface area contributed by atoms with Gasteiger partial charge in [-0.25, -0.2) is 13.1 Å². The van der Waals surface area contributed by atoms with Crippen LogP contribution in [-0.4, -0.2) is 45.4 Å². The molecular formula is C18H23N3O3S2. The van der Waals surface area contributed by atoms with Gasteiger partial charge in [-0.2, -0.15) is 0 Å². The molecule has 1 unspecified atom stereocenters. The average Bonchev–Trinajstić information content (AvgIpc) is 3.20. The summed E-state index contributed by atoms with van der Waals surface area (Å²) in [6.45, 7) is 1.68. The lowest BCUT2D eigenvalue weighted by molar-refractivity contribution is 0.0698. The van der Waals surface area contributed by atoms with Crippen molar-refractivity contribution in [3.63, 3.8) is 0 Å². The smallest absolute Gasteiger partial charge is 0.253 e. The lowest BCUT2D eigenvalue weighted by Crippen LogP contribution is -2.46. The minimum atomic E-state index is -3.59. The predicted octanol–water partition coefficient (Wildman–Crippen LogP) is 2.05. The predicted molar refractivity (Wildman–Crippen MR) is 103 cm³/mol. The molecule has 0 saturated carbocycles. The fourth-order valence-corrected chi connectivity index (χ4v) is 4.76. The molecule has 1 aliphatic heterocycles. The third-order valence-corrected chi connectivity index (χ3v) is 6.84. The number of hydrogen-bond acceptors (Lipinski definition) is 5. The summed E-state index contributed by atoms with van der Waals surface area (Å²) in [7, 11) is -1.69. The second-order valence-electron chi connectivity index (χ2n) is 6.31. The van der Waals surface area contributed by atoms with Crippen LogP contribution < -0.4 is 10.0 Å². The Morgan fingerprint density at radius 1 is 1.27 bits per heavy atom. The zero-order valence-electron chi connectivity index (χ0n) is 14.6. The summed E-state index contributed by atoms with van der Waals surface area (Å²) in [4.78, 5) is 15.6. The normalized spacial score (nSPS) is 18.0. The average molecular weight is 394 g/mol. The number of nitrogens with zero attached hydrogens (tertiary/aromatic N) is 1. The van der Waals surface area contributed by atoms with E-state index in [1.165, 1.54) is 23.5 Å². The van der Waals surface area contributed by atoms with E-state index in [-0.39, 0.29) is 17.3 Å². The number of amides is 1. The van der Waals surface area contributed by atoms with E-state index in [1.54, 1.807) is 12.1 Å². The zero-order valence-corrected chi connectivity index (χ0v) is 16.3. The molecule has 0 aliphatic carbocycles. The fraction of sp³-hybridized carbons (Fsp3) is 0.389. The Labute approximate surface area is 158 Å². The van der Waals surface area contributed by atoms with Gasteiger partial charge in [0.1, 0.15) is 0 Å². The van der Waals surface area contributed by atoms with E-state index in [2.05, 4.69) is 10.0 Å². The van der Waals surface area contributed by atoms with Crippen molar-refractivity contribution in [3.8, 4) is 0 Å². The first-order valence-corrected chi connectivity index (χ1v) is 10.9. The molecule has 1 aliphatic rings. The summed E-state index contributed by atoms with van der Waals surface area (Å²) in [6, 6.07) is 10.2.